The van der Waals surface area contributed by atoms with Crippen LogP contribution in [-0.4, -0.2) is 46.5 Å². The minimum atomic E-state index is 0.188. The van der Waals surface area contributed by atoms with Gasteiger partial charge < -0.3 is 9.80 Å². The molecule has 7 nitrogen and oxygen atoms in total. The van der Waals surface area contributed by atoms with E-state index in [2.05, 4.69) is 46.7 Å². The first kappa shape index (κ1) is 22.3. The molecule has 1 aliphatic rings. The molecule has 1 aromatic carbocycles. The van der Waals surface area contributed by atoms with Crippen LogP contribution in [0.4, 0.5) is 11.5 Å². The summed E-state index contributed by atoms with van der Waals surface area (Å²) in [6.45, 7) is 14.6. The molecule has 0 radical (unpaired) electrons. The Morgan fingerprint density at radius 3 is 2.84 bits per heavy atom. The molecular formula is C24H31N7. The third kappa shape index (κ3) is 5.40. The zero-order valence-electron chi connectivity index (χ0n) is 18.8. The van der Waals surface area contributed by atoms with E-state index in [0.29, 0.717) is 17.2 Å². The van der Waals surface area contributed by atoms with Crippen LogP contribution in [0.1, 0.15) is 32.8 Å². The van der Waals surface area contributed by atoms with Gasteiger partial charge in [0, 0.05) is 25.7 Å². The maximum absolute atomic E-state index is 9.39. The average Bonchev–Trinajstić information content (AvgIpc) is 2.75. The van der Waals surface area contributed by atoms with Crippen molar-refractivity contribution in [3.05, 3.63) is 46.7 Å². The first-order valence-electron chi connectivity index (χ1n) is 10.7. The molecule has 3 rings (SSSR count). The topological polar surface area (TPSA) is 80.4 Å². The standard InChI is InChI=1S/C24H31N7/c1-6-21-19(5)26-14-23(28-21)30-11-12-31(20(15-30)13-17(2)3)24(27-16-25)29-22-10-8-7-9-18(22)4/h6-10,14,17,20H,5,11-13,15H2,1-4H3,(H,27,29)/b21-6+. The predicted octanol–water partition coefficient (Wildman–Crippen LogP) is 2.29. The second-order valence-corrected chi connectivity index (χ2v) is 8.23. The molecule has 2 aromatic rings. The van der Waals surface area contributed by atoms with Gasteiger partial charge in [-0.3, -0.25) is 10.3 Å². The summed E-state index contributed by atoms with van der Waals surface area (Å²) < 4.78 is 0. The van der Waals surface area contributed by atoms with Gasteiger partial charge in [0.1, 0.15) is 5.82 Å². The summed E-state index contributed by atoms with van der Waals surface area (Å²) in [5.41, 5.74) is 1.94. The largest absolute Gasteiger partial charge is 0.351 e. The Balaban J connectivity index is 1.92. The molecule has 1 unspecified atom stereocenters. The van der Waals surface area contributed by atoms with Gasteiger partial charge in [-0.2, -0.15) is 5.26 Å². The van der Waals surface area contributed by atoms with Crippen molar-refractivity contribution in [1.29, 1.82) is 5.26 Å². The van der Waals surface area contributed by atoms with E-state index in [1.807, 2.05) is 44.2 Å². The maximum atomic E-state index is 9.39. The first-order valence-corrected chi connectivity index (χ1v) is 10.7. The number of rotatable bonds is 4. The number of nitrogens with zero attached hydrogens (tertiary/aromatic N) is 6. The second-order valence-electron chi connectivity index (χ2n) is 8.23. The van der Waals surface area contributed by atoms with Gasteiger partial charge in [0.2, 0.25) is 5.96 Å². The van der Waals surface area contributed by atoms with Gasteiger partial charge >= 0.3 is 0 Å². The highest BCUT2D eigenvalue weighted by atomic mass is 15.4. The normalized spacial score (nSPS) is 17.7. The summed E-state index contributed by atoms with van der Waals surface area (Å²) in [4.78, 5) is 18.5. The van der Waals surface area contributed by atoms with Crippen molar-refractivity contribution in [2.45, 2.75) is 40.2 Å². The van der Waals surface area contributed by atoms with Gasteiger partial charge in [-0.15, -0.1) is 0 Å². The monoisotopic (exact) mass is 417 g/mol. The Morgan fingerprint density at radius 1 is 1.39 bits per heavy atom. The van der Waals surface area contributed by atoms with Crippen LogP contribution >= 0.6 is 0 Å². The molecular weight excluding hydrogens is 386 g/mol. The molecule has 31 heavy (non-hydrogen) atoms. The highest BCUT2D eigenvalue weighted by molar-refractivity contribution is 5.85. The Bertz CT molecular complexity index is 1080. The molecule has 0 saturated carbocycles. The Kier molecular flexibility index (Phi) is 7.24. The van der Waals surface area contributed by atoms with Gasteiger partial charge in [0.15, 0.2) is 6.19 Å². The molecule has 1 N–H and O–H groups in total. The number of aliphatic imine (C=N–C) groups is 1. The van der Waals surface area contributed by atoms with E-state index in [1.165, 1.54) is 0 Å². The Morgan fingerprint density at radius 2 is 2.16 bits per heavy atom. The highest BCUT2D eigenvalue weighted by Crippen LogP contribution is 2.23. The van der Waals surface area contributed by atoms with Gasteiger partial charge in [0.25, 0.3) is 0 Å². The van der Waals surface area contributed by atoms with Crippen LogP contribution < -0.4 is 20.9 Å². The van der Waals surface area contributed by atoms with E-state index in [-0.39, 0.29) is 6.04 Å². The number of aromatic nitrogens is 2. The number of para-hydroxylation sites is 1. The molecule has 0 spiro atoms. The fourth-order valence-electron chi connectivity index (χ4n) is 3.91. The van der Waals surface area contributed by atoms with Gasteiger partial charge in [0.05, 0.1) is 22.6 Å². The number of hydrogen-bond donors (Lipinski definition) is 1. The number of hydrogen-bond acceptors (Lipinski definition) is 5. The van der Waals surface area contributed by atoms with Crippen LogP contribution in [0.2, 0.25) is 0 Å². The third-order valence-corrected chi connectivity index (χ3v) is 5.47. The quantitative estimate of drug-likeness (QED) is 0.356. The summed E-state index contributed by atoms with van der Waals surface area (Å²) in [6.07, 6.45) is 6.78. The molecule has 0 amide bonds. The second kappa shape index (κ2) is 10.1. The van der Waals surface area contributed by atoms with E-state index >= 15 is 0 Å². The number of nitriles is 1. The molecule has 1 saturated heterocycles. The van der Waals surface area contributed by atoms with Crippen molar-refractivity contribution in [3.63, 3.8) is 0 Å². The Labute approximate surface area is 184 Å². The van der Waals surface area contributed by atoms with Crippen molar-refractivity contribution >= 4 is 30.1 Å². The number of anilines is 1. The van der Waals surface area contributed by atoms with Crippen molar-refractivity contribution < 1.29 is 0 Å². The van der Waals surface area contributed by atoms with Crippen LogP contribution in [0.5, 0.6) is 0 Å². The van der Waals surface area contributed by atoms with Crippen molar-refractivity contribution in [2.24, 2.45) is 10.9 Å². The Hall–Kier alpha value is -3.40. The fraction of sp³-hybridized carbons (Fsp3) is 0.417. The van der Waals surface area contributed by atoms with E-state index in [9.17, 15) is 5.26 Å². The molecule has 1 aromatic heterocycles. The van der Waals surface area contributed by atoms with Crippen LogP contribution in [0, 0.1) is 24.3 Å². The molecule has 1 fully saturated rings. The molecule has 2 heterocycles. The first-order chi connectivity index (χ1) is 14.9. The van der Waals surface area contributed by atoms with Crippen molar-refractivity contribution in [2.75, 3.05) is 24.5 Å². The zero-order chi connectivity index (χ0) is 22.4. The molecule has 162 valence electrons. The lowest BCUT2D eigenvalue weighted by atomic mass is 10.00. The SMILES string of the molecule is C=c1ncc(N2CCN(C(=Nc3ccccc3C)NC#N)C(CC(C)C)C2)n/c1=C/C. The molecule has 7 heteroatoms. The summed E-state index contributed by atoms with van der Waals surface area (Å²) in [5, 5.41) is 13.7. The number of piperazine rings is 1. The lowest BCUT2D eigenvalue weighted by molar-refractivity contribution is 0.241. The summed E-state index contributed by atoms with van der Waals surface area (Å²) in [7, 11) is 0. The summed E-state index contributed by atoms with van der Waals surface area (Å²) in [6, 6.07) is 8.15. The van der Waals surface area contributed by atoms with E-state index < -0.39 is 0 Å². The number of aryl methyl sites for hydroxylation is 1. The number of nitrogens with one attached hydrogen (secondary N) is 1. The number of guanidine groups is 1. The van der Waals surface area contributed by atoms with Crippen molar-refractivity contribution in [1.82, 2.24) is 20.2 Å². The van der Waals surface area contributed by atoms with Crippen LogP contribution in [0.3, 0.4) is 0 Å². The van der Waals surface area contributed by atoms with Crippen molar-refractivity contribution in [3.8, 4) is 6.19 Å². The van der Waals surface area contributed by atoms with Gasteiger partial charge in [-0.1, -0.05) is 44.7 Å². The predicted molar refractivity (Wildman–Crippen MR) is 126 cm³/mol. The van der Waals surface area contributed by atoms with Crippen LogP contribution in [-0.2, 0) is 0 Å². The van der Waals surface area contributed by atoms with E-state index in [4.69, 9.17) is 9.98 Å². The number of benzene rings is 1. The minimum absolute atomic E-state index is 0.188. The molecule has 0 bridgehead atoms. The summed E-state index contributed by atoms with van der Waals surface area (Å²) >= 11 is 0. The minimum Gasteiger partial charge on any atom is -0.351 e. The third-order valence-electron chi connectivity index (χ3n) is 5.47. The van der Waals surface area contributed by atoms with E-state index in [1.54, 1.807) is 6.20 Å². The van der Waals surface area contributed by atoms with Gasteiger partial charge in [-0.25, -0.2) is 9.98 Å². The smallest absolute Gasteiger partial charge is 0.212 e. The molecule has 1 aliphatic heterocycles. The highest BCUT2D eigenvalue weighted by Gasteiger charge is 2.31. The fourth-order valence-corrected chi connectivity index (χ4v) is 3.91. The van der Waals surface area contributed by atoms with Crippen LogP contribution in [0.15, 0.2) is 35.5 Å². The zero-order valence-corrected chi connectivity index (χ0v) is 18.8. The van der Waals surface area contributed by atoms with E-state index in [0.717, 1.165) is 48.5 Å². The van der Waals surface area contributed by atoms with Crippen LogP contribution in [0.25, 0.3) is 12.7 Å². The maximum Gasteiger partial charge on any atom is 0.212 e. The lowest BCUT2D eigenvalue weighted by Gasteiger charge is -2.43. The van der Waals surface area contributed by atoms with Gasteiger partial charge in [-0.05, 0) is 37.8 Å². The molecule has 0 aliphatic carbocycles. The lowest BCUT2D eigenvalue weighted by Crippen LogP contribution is -2.58. The average molecular weight is 418 g/mol. The molecule has 1 atom stereocenters. The summed E-state index contributed by atoms with van der Waals surface area (Å²) in [5.74, 6) is 1.96.